The Morgan fingerprint density at radius 2 is 1.84 bits per heavy atom. The summed E-state index contributed by atoms with van der Waals surface area (Å²) >= 11 is 0. The molecule has 130 valence electrons. The summed E-state index contributed by atoms with van der Waals surface area (Å²) in [5.41, 5.74) is 4.17. The average molecular weight is 337 g/mol. The van der Waals surface area contributed by atoms with Gasteiger partial charge in [0, 0.05) is 31.7 Å². The first kappa shape index (κ1) is 17.0. The fraction of sp³-hybridized carbons (Fsp3) is 0.300. The van der Waals surface area contributed by atoms with Crippen LogP contribution in [0, 0.1) is 6.92 Å². The van der Waals surface area contributed by atoms with Gasteiger partial charge in [-0.25, -0.2) is 4.79 Å². The molecule has 1 heterocycles. The molecule has 0 saturated carbocycles. The van der Waals surface area contributed by atoms with Crippen molar-refractivity contribution in [1.29, 1.82) is 0 Å². The molecule has 25 heavy (non-hydrogen) atoms. The van der Waals surface area contributed by atoms with E-state index in [2.05, 4.69) is 41.8 Å². The van der Waals surface area contributed by atoms with Crippen LogP contribution in [0.2, 0.25) is 0 Å². The lowest BCUT2D eigenvalue weighted by atomic mass is 10.0. The highest BCUT2D eigenvalue weighted by Crippen LogP contribution is 2.23. The summed E-state index contributed by atoms with van der Waals surface area (Å²) in [4.78, 5) is 25.3. The van der Waals surface area contributed by atoms with Gasteiger partial charge < -0.3 is 15.5 Å². The molecule has 2 aromatic carbocycles. The lowest BCUT2D eigenvalue weighted by Crippen LogP contribution is -2.38. The second kappa shape index (κ2) is 7.38. The highest BCUT2D eigenvalue weighted by molar-refractivity contribution is 5.90. The first-order valence-corrected chi connectivity index (χ1v) is 8.51. The fourth-order valence-corrected chi connectivity index (χ4v) is 3.08. The van der Waals surface area contributed by atoms with Gasteiger partial charge in [-0.05, 0) is 36.6 Å². The third-order valence-corrected chi connectivity index (χ3v) is 4.38. The summed E-state index contributed by atoms with van der Waals surface area (Å²) in [5.74, 6) is -0.0574. The van der Waals surface area contributed by atoms with Crippen LogP contribution in [-0.2, 0) is 4.79 Å². The van der Waals surface area contributed by atoms with Crippen LogP contribution in [0.5, 0.6) is 0 Å². The molecule has 2 aromatic rings. The van der Waals surface area contributed by atoms with Crippen molar-refractivity contribution in [1.82, 2.24) is 10.2 Å². The molecular weight excluding hydrogens is 314 g/mol. The number of nitrogens with one attached hydrogen (secondary N) is 2. The predicted molar refractivity (Wildman–Crippen MR) is 99.4 cm³/mol. The monoisotopic (exact) mass is 337 g/mol. The summed E-state index contributed by atoms with van der Waals surface area (Å²) in [6, 6.07) is 16.1. The number of carbonyl (C=O) groups is 2. The Bertz CT molecular complexity index is 771. The number of likely N-dealkylation sites (tertiary alicyclic amines) is 1. The number of amides is 3. The van der Waals surface area contributed by atoms with E-state index in [0.29, 0.717) is 13.1 Å². The highest BCUT2D eigenvalue weighted by atomic mass is 16.2. The number of anilines is 1. The van der Waals surface area contributed by atoms with Gasteiger partial charge in [-0.1, -0.05) is 42.0 Å². The standard InChI is InChI=1S/C20H23N3O2/c1-14-6-8-16(9-7-14)17-4-3-5-18(12-17)22-20(25)23-11-10-19(13-23)21-15(2)24/h3-9,12,19H,10-11,13H2,1-2H3,(H,21,24)(H,22,25)/t19-/m0/s1. The van der Waals surface area contributed by atoms with Gasteiger partial charge in [0.1, 0.15) is 0 Å². The molecule has 3 rings (SSSR count). The molecule has 2 N–H and O–H groups in total. The van der Waals surface area contributed by atoms with Crippen LogP contribution in [0.1, 0.15) is 18.9 Å². The van der Waals surface area contributed by atoms with Crippen LogP contribution >= 0.6 is 0 Å². The maximum Gasteiger partial charge on any atom is 0.321 e. The number of rotatable bonds is 3. The molecule has 1 fully saturated rings. The van der Waals surface area contributed by atoms with Crippen LogP contribution in [-0.4, -0.2) is 36.0 Å². The van der Waals surface area contributed by atoms with E-state index >= 15 is 0 Å². The van der Waals surface area contributed by atoms with Crippen LogP contribution in [0.3, 0.4) is 0 Å². The molecule has 1 saturated heterocycles. The molecule has 0 aromatic heterocycles. The van der Waals surface area contributed by atoms with E-state index in [1.54, 1.807) is 4.90 Å². The van der Waals surface area contributed by atoms with Crippen LogP contribution in [0.4, 0.5) is 10.5 Å². The van der Waals surface area contributed by atoms with Crippen molar-refractivity contribution in [3.8, 4) is 11.1 Å². The van der Waals surface area contributed by atoms with Crippen LogP contribution in [0.15, 0.2) is 48.5 Å². The molecule has 0 radical (unpaired) electrons. The van der Waals surface area contributed by atoms with Crippen molar-refractivity contribution in [3.63, 3.8) is 0 Å². The first-order chi connectivity index (χ1) is 12.0. The van der Waals surface area contributed by atoms with E-state index in [1.165, 1.54) is 12.5 Å². The van der Waals surface area contributed by atoms with E-state index < -0.39 is 0 Å². The van der Waals surface area contributed by atoms with Crippen LogP contribution in [0.25, 0.3) is 11.1 Å². The molecule has 0 aliphatic carbocycles. The van der Waals surface area contributed by atoms with Gasteiger partial charge in [-0.2, -0.15) is 0 Å². The zero-order valence-electron chi connectivity index (χ0n) is 14.6. The van der Waals surface area contributed by atoms with Crippen molar-refractivity contribution < 1.29 is 9.59 Å². The fourth-order valence-electron chi connectivity index (χ4n) is 3.08. The number of urea groups is 1. The van der Waals surface area contributed by atoms with E-state index in [4.69, 9.17) is 0 Å². The Kier molecular flexibility index (Phi) is 5.03. The number of aryl methyl sites for hydroxylation is 1. The average Bonchev–Trinajstić information content (AvgIpc) is 3.03. The van der Waals surface area contributed by atoms with Gasteiger partial charge in [0.05, 0.1) is 0 Å². The van der Waals surface area contributed by atoms with E-state index in [9.17, 15) is 9.59 Å². The number of hydrogen-bond donors (Lipinski definition) is 2. The molecule has 1 atom stereocenters. The zero-order valence-corrected chi connectivity index (χ0v) is 14.6. The molecule has 0 spiro atoms. The molecule has 1 aliphatic heterocycles. The second-order valence-electron chi connectivity index (χ2n) is 6.51. The summed E-state index contributed by atoms with van der Waals surface area (Å²) in [6.45, 7) is 4.75. The largest absolute Gasteiger partial charge is 0.352 e. The van der Waals surface area contributed by atoms with Gasteiger partial charge in [0.2, 0.25) is 5.91 Å². The van der Waals surface area contributed by atoms with Crippen molar-refractivity contribution >= 4 is 17.6 Å². The SMILES string of the molecule is CC(=O)N[C@H]1CCN(C(=O)Nc2cccc(-c3ccc(C)cc3)c2)C1. The molecule has 0 unspecified atom stereocenters. The van der Waals surface area contributed by atoms with Crippen LogP contribution < -0.4 is 10.6 Å². The maximum atomic E-state index is 12.4. The second-order valence-corrected chi connectivity index (χ2v) is 6.51. The molecule has 0 bridgehead atoms. The minimum Gasteiger partial charge on any atom is -0.352 e. The molecule has 5 nitrogen and oxygen atoms in total. The third-order valence-electron chi connectivity index (χ3n) is 4.38. The minimum atomic E-state index is -0.131. The van der Waals surface area contributed by atoms with Gasteiger partial charge in [0.15, 0.2) is 0 Å². The van der Waals surface area contributed by atoms with Gasteiger partial charge in [-0.15, -0.1) is 0 Å². The Morgan fingerprint density at radius 3 is 2.56 bits per heavy atom. The van der Waals surface area contributed by atoms with E-state index in [0.717, 1.165) is 23.2 Å². The Labute approximate surface area is 148 Å². The maximum absolute atomic E-state index is 12.4. The summed E-state index contributed by atoms with van der Waals surface area (Å²) < 4.78 is 0. The normalized spacial score (nSPS) is 16.6. The zero-order chi connectivity index (χ0) is 17.8. The number of carbonyl (C=O) groups excluding carboxylic acids is 2. The number of benzene rings is 2. The lowest BCUT2D eigenvalue weighted by Gasteiger charge is -2.18. The highest BCUT2D eigenvalue weighted by Gasteiger charge is 2.26. The third kappa shape index (κ3) is 4.38. The van der Waals surface area contributed by atoms with Gasteiger partial charge >= 0.3 is 6.03 Å². The molecule has 3 amide bonds. The molecular formula is C20H23N3O2. The van der Waals surface area contributed by atoms with Crippen molar-refractivity contribution in [3.05, 3.63) is 54.1 Å². The number of hydrogen-bond acceptors (Lipinski definition) is 2. The quantitative estimate of drug-likeness (QED) is 0.902. The van der Waals surface area contributed by atoms with Crippen molar-refractivity contribution in [2.75, 3.05) is 18.4 Å². The lowest BCUT2D eigenvalue weighted by molar-refractivity contribution is -0.119. The smallest absolute Gasteiger partial charge is 0.321 e. The van der Waals surface area contributed by atoms with E-state index in [1.807, 2.05) is 24.3 Å². The molecule has 5 heteroatoms. The Morgan fingerprint density at radius 1 is 1.08 bits per heavy atom. The minimum absolute atomic E-state index is 0.0437. The summed E-state index contributed by atoms with van der Waals surface area (Å²) in [7, 11) is 0. The molecule has 1 aliphatic rings. The summed E-state index contributed by atoms with van der Waals surface area (Å²) in [6.07, 6.45) is 0.788. The van der Waals surface area contributed by atoms with Gasteiger partial charge in [0.25, 0.3) is 0 Å². The van der Waals surface area contributed by atoms with E-state index in [-0.39, 0.29) is 18.0 Å². The Balaban J connectivity index is 1.65. The number of nitrogens with zero attached hydrogens (tertiary/aromatic N) is 1. The van der Waals surface area contributed by atoms with Gasteiger partial charge in [-0.3, -0.25) is 4.79 Å². The van der Waals surface area contributed by atoms with Crippen molar-refractivity contribution in [2.24, 2.45) is 0 Å². The summed E-state index contributed by atoms with van der Waals surface area (Å²) in [5, 5.41) is 5.82. The predicted octanol–water partition coefficient (Wildman–Crippen LogP) is 3.40. The Hall–Kier alpha value is -2.82. The topological polar surface area (TPSA) is 61.4 Å². The first-order valence-electron chi connectivity index (χ1n) is 8.51. The van der Waals surface area contributed by atoms with Crippen molar-refractivity contribution in [2.45, 2.75) is 26.3 Å².